The summed E-state index contributed by atoms with van der Waals surface area (Å²) in [4.78, 5) is 13.7. The number of benzene rings is 1. The van der Waals surface area contributed by atoms with Gasteiger partial charge in [0.2, 0.25) is 0 Å². The summed E-state index contributed by atoms with van der Waals surface area (Å²) >= 11 is 0. The van der Waals surface area contributed by atoms with Crippen LogP contribution in [0.4, 0.5) is 8.78 Å². The van der Waals surface area contributed by atoms with E-state index in [0.29, 0.717) is 23.6 Å². The number of rotatable bonds is 4. The van der Waals surface area contributed by atoms with Crippen molar-refractivity contribution in [3.63, 3.8) is 0 Å². The summed E-state index contributed by atoms with van der Waals surface area (Å²) in [6, 6.07) is 5.34. The van der Waals surface area contributed by atoms with Gasteiger partial charge in [0.25, 0.3) is 0 Å². The highest BCUT2D eigenvalue weighted by Crippen LogP contribution is 2.24. The Bertz CT molecular complexity index is 724. The molecule has 1 aliphatic heterocycles. The zero-order valence-corrected chi connectivity index (χ0v) is 13.3. The third-order valence-electron chi connectivity index (χ3n) is 4.28. The summed E-state index contributed by atoms with van der Waals surface area (Å²) in [6.07, 6.45) is 1.49. The fourth-order valence-corrected chi connectivity index (χ4v) is 2.89. The topological polar surface area (TPSA) is 55.6 Å². The van der Waals surface area contributed by atoms with Crippen molar-refractivity contribution in [1.29, 1.82) is 0 Å². The Morgan fingerprint density at radius 2 is 2.04 bits per heavy atom. The molecule has 0 spiro atoms. The first-order valence-electron chi connectivity index (χ1n) is 7.78. The van der Waals surface area contributed by atoms with E-state index in [1.54, 1.807) is 6.07 Å². The van der Waals surface area contributed by atoms with Crippen molar-refractivity contribution in [1.82, 2.24) is 10.1 Å². The van der Waals surface area contributed by atoms with Crippen LogP contribution in [0.25, 0.3) is 11.3 Å². The molecule has 1 fully saturated rings. The number of methoxy groups -OCH3 is 1. The molecule has 1 aromatic carbocycles. The third kappa shape index (κ3) is 3.62. The monoisotopic (exact) mass is 336 g/mol. The summed E-state index contributed by atoms with van der Waals surface area (Å²) < 4.78 is 36.3. The highest BCUT2D eigenvalue weighted by molar-refractivity contribution is 5.72. The van der Waals surface area contributed by atoms with E-state index < -0.39 is 11.6 Å². The Morgan fingerprint density at radius 1 is 1.29 bits per heavy atom. The normalized spacial score (nSPS) is 16.3. The average Bonchev–Trinajstić information content (AvgIpc) is 3.06. The molecule has 0 aliphatic carbocycles. The Balaban J connectivity index is 1.61. The van der Waals surface area contributed by atoms with Crippen LogP contribution in [-0.4, -0.2) is 36.2 Å². The molecule has 0 N–H and O–H groups in total. The van der Waals surface area contributed by atoms with Crippen molar-refractivity contribution in [2.75, 3.05) is 20.2 Å². The van der Waals surface area contributed by atoms with Crippen LogP contribution >= 0.6 is 0 Å². The zero-order chi connectivity index (χ0) is 17.1. The summed E-state index contributed by atoms with van der Waals surface area (Å²) in [5.41, 5.74) is 0.932. The molecule has 0 unspecified atom stereocenters. The molecule has 24 heavy (non-hydrogen) atoms. The molecule has 1 aliphatic rings. The lowest BCUT2D eigenvalue weighted by Gasteiger charge is -2.29. The molecule has 1 aromatic heterocycles. The smallest absolute Gasteiger partial charge is 0.308 e. The number of hydrogen-bond acceptors (Lipinski definition) is 5. The van der Waals surface area contributed by atoms with Crippen LogP contribution in [0.3, 0.4) is 0 Å². The van der Waals surface area contributed by atoms with Crippen molar-refractivity contribution >= 4 is 5.97 Å². The maximum Gasteiger partial charge on any atom is 0.308 e. The van der Waals surface area contributed by atoms with E-state index in [2.05, 4.69) is 10.1 Å². The van der Waals surface area contributed by atoms with Crippen molar-refractivity contribution in [2.45, 2.75) is 19.4 Å². The van der Waals surface area contributed by atoms with Gasteiger partial charge in [-0.1, -0.05) is 5.16 Å². The van der Waals surface area contributed by atoms with Gasteiger partial charge < -0.3 is 9.26 Å². The molecule has 5 nitrogen and oxygen atoms in total. The van der Waals surface area contributed by atoms with Crippen molar-refractivity contribution in [3.05, 3.63) is 41.7 Å². The van der Waals surface area contributed by atoms with E-state index in [1.165, 1.54) is 13.2 Å². The number of hydrogen-bond donors (Lipinski definition) is 0. The average molecular weight is 336 g/mol. The van der Waals surface area contributed by atoms with Crippen LogP contribution in [0.5, 0.6) is 0 Å². The van der Waals surface area contributed by atoms with Gasteiger partial charge in [0, 0.05) is 11.6 Å². The molecule has 1 saturated heterocycles. The van der Waals surface area contributed by atoms with Crippen LogP contribution in [0.15, 0.2) is 28.8 Å². The van der Waals surface area contributed by atoms with Crippen molar-refractivity contribution in [2.24, 2.45) is 5.92 Å². The molecule has 0 saturated carbocycles. The molecule has 2 aromatic rings. The van der Waals surface area contributed by atoms with Crippen LogP contribution < -0.4 is 0 Å². The number of ether oxygens (including phenoxy) is 1. The maximum atomic E-state index is 13.3. The fraction of sp³-hybridized carbons (Fsp3) is 0.412. The minimum atomic E-state index is -0.915. The Morgan fingerprint density at radius 3 is 2.71 bits per heavy atom. The number of piperidine rings is 1. The number of halogens is 2. The molecular weight excluding hydrogens is 318 g/mol. The van der Waals surface area contributed by atoms with Gasteiger partial charge in [-0.3, -0.25) is 9.69 Å². The van der Waals surface area contributed by atoms with Gasteiger partial charge in [-0.05, 0) is 44.1 Å². The predicted octanol–water partition coefficient (Wildman–Crippen LogP) is 3.00. The number of aromatic nitrogens is 1. The Kier molecular flexibility index (Phi) is 4.89. The van der Waals surface area contributed by atoms with Gasteiger partial charge >= 0.3 is 5.97 Å². The highest BCUT2D eigenvalue weighted by atomic mass is 19.2. The summed E-state index contributed by atoms with van der Waals surface area (Å²) in [5.74, 6) is -1.36. The fourth-order valence-electron chi connectivity index (χ4n) is 2.89. The second-order valence-corrected chi connectivity index (χ2v) is 5.88. The SMILES string of the molecule is COC(=O)C1CCN(Cc2cc(-c3ccc(F)c(F)c3)no2)CC1. The maximum absolute atomic E-state index is 13.3. The van der Waals surface area contributed by atoms with Gasteiger partial charge in [0.15, 0.2) is 17.4 Å². The first-order chi connectivity index (χ1) is 11.6. The van der Waals surface area contributed by atoms with E-state index in [9.17, 15) is 13.6 Å². The van der Waals surface area contributed by atoms with E-state index in [1.807, 2.05) is 0 Å². The minimum Gasteiger partial charge on any atom is -0.469 e. The minimum absolute atomic E-state index is 0.0428. The summed E-state index contributed by atoms with van der Waals surface area (Å²) in [6.45, 7) is 2.09. The first kappa shape index (κ1) is 16.6. The second kappa shape index (κ2) is 7.09. The van der Waals surface area contributed by atoms with E-state index in [-0.39, 0.29) is 11.9 Å². The molecule has 0 radical (unpaired) electrons. The molecule has 3 rings (SSSR count). The predicted molar refractivity (Wildman–Crippen MR) is 81.9 cm³/mol. The molecule has 7 heteroatoms. The van der Waals surface area contributed by atoms with Crippen LogP contribution in [0, 0.1) is 17.6 Å². The summed E-state index contributed by atoms with van der Waals surface area (Å²) in [7, 11) is 1.41. The van der Waals surface area contributed by atoms with Crippen molar-refractivity contribution < 1.29 is 22.8 Å². The molecule has 0 amide bonds. The first-order valence-corrected chi connectivity index (χ1v) is 7.78. The molecular formula is C17H18F2N2O3. The molecule has 0 bridgehead atoms. The lowest BCUT2D eigenvalue weighted by molar-refractivity contribution is -0.147. The summed E-state index contributed by atoms with van der Waals surface area (Å²) in [5, 5.41) is 3.91. The number of carbonyl (C=O) groups excluding carboxylic acids is 1. The Hall–Kier alpha value is -2.28. The van der Waals surface area contributed by atoms with Gasteiger partial charge in [0.1, 0.15) is 5.69 Å². The highest BCUT2D eigenvalue weighted by Gasteiger charge is 2.26. The number of esters is 1. The van der Waals surface area contributed by atoms with E-state index in [4.69, 9.17) is 9.26 Å². The largest absolute Gasteiger partial charge is 0.469 e. The molecule has 128 valence electrons. The lowest BCUT2D eigenvalue weighted by atomic mass is 9.97. The standard InChI is InChI=1S/C17H18F2N2O3/c1-23-17(22)11-4-6-21(7-5-11)10-13-9-16(20-24-13)12-2-3-14(18)15(19)8-12/h2-3,8-9,11H,4-7,10H2,1H3. The third-order valence-corrected chi connectivity index (χ3v) is 4.28. The van der Waals surface area contributed by atoms with Crippen molar-refractivity contribution in [3.8, 4) is 11.3 Å². The van der Waals surface area contributed by atoms with Gasteiger partial charge in [-0.2, -0.15) is 0 Å². The van der Waals surface area contributed by atoms with Gasteiger partial charge in [0.05, 0.1) is 19.6 Å². The quantitative estimate of drug-likeness (QED) is 0.804. The number of carbonyl (C=O) groups is 1. The van der Waals surface area contributed by atoms with Crippen LogP contribution in [0.2, 0.25) is 0 Å². The van der Waals surface area contributed by atoms with Gasteiger partial charge in [-0.15, -0.1) is 0 Å². The second-order valence-electron chi connectivity index (χ2n) is 5.88. The lowest BCUT2D eigenvalue weighted by Crippen LogP contribution is -2.36. The zero-order valence-electron chi connectivity index (χ0n) is 13.3. The van der Waals surface area contributed by atoms with Crippen LogP contribution in [0.1, 0.15) is 18.6 Å². The Labute approximate surface area is 138 Å². The molecule has 2 heterocycles. The molecule has 0 atom stereocenters. The number of nitrogens with zero attached hydrogens (tertiary/aromatic N) is 2. The van der Waals surface area contributed by atoms with E-state index >= 15 is 0 Å². The van der Waals surface area contributed by atoms with E-state index in [0.717, 1.165) is 38.1 Å². The van der Waals surface area contributed by atoms with Crippen LogP contribution in [-0.2, 0) is 16.1 Å². The number of likely N-dealkylation sites (tertiary alicyclic amines) is 1. The van der Waals surface area contributed by atoms with Gasteiger partial charge in [-0.25, -0.2) is 8.78 Å².